The van der Waals surface area contributed by atoms with Crippen molar-refractivity contribution in [1.82, 2.24) is 9.97 Å². The van der Waals surface area contributed by atoms with Gasteiger partial charge in [-0.15, -0.1) is 0 Å². The first kappa shape index (κ1) is 12.5. The maximum atomic E-state index is 5.57. The summed E-state index contributed by atoms with van der Waals surface area (Å²) in [6, 6.07) is 1.74. The van der Waals surface area contributed by atoms with E-state index in [2.05, 4.69) is 9.97 Å². The maximum absolute atomic E-state index is 5.57. The molecular formula is C10H18N4O2. The van der Waals surface area contributed by atoms with Gasteiger partial charge in [-0.2, -0.15) is 9.97 Å². The molecule has 0 aromatic carbocycles. The fraction of sp³-hybridized carbons (Fsp3) is 0.600. The SMILES string of the molecule is CCOCCN(C)c1cc(OC)nc(N)n1. The number of nitrogens with zero attached hydrogens (tertiary/aromatic N) is 3. The van der Waals surface area contributed by atoms with Gasteiger partial charge in [0.1, 0.15) is 5.82 Å². The first-order valence-electron chi connectivity index (χ1n) is 5.14. The molecule has 0 atom stereocenters. The molecule has 1 heterocycles. The van der Waals surface area contributed by atoms with E-state index in [9.17, 15) is 0 Å². The van der Waals surface area contributed by atoms with Crippen LogP contribution in [0.1, 0.15) is 6.92 Å². The topological polar surface area (TPSA) is 73.5 Å². The highest BCUT2D eigenvalue weighted by molar-refractivity contribution is 5.44. The third kappa shape index (κ3) is 3.54. The minimum Gasteiger partial charge on any atom is -0.481 e. The monoisotopic (exact) mass is 226 g/mol. The fourth-order valence-corrected chi connectivity index (χ4v) is 1.19. The Morgan fingerprint density at radius 2 is 2.19 bits per heavy atom. The largest absolute Gasteiger partial charge is 0.481 e. The lowest BCUT2D eigenvalue weighted by Gasteiger charge is -2.18. The highest BCUT2D eigenvalue weighted by atomic mass is 16.5. The van der Waals surface area contributed by atoms with Crippen LogP contribution in [0, 0.1) is 0 Å². The van der Waals surface area contributed by atoms with Crippen molar-refractivity contribution >= 4 is 11.8 Å². The van der Waals surface area contributed by atoms with E-state index in [0.717, 1.165) is 12.4 Å². The van der Waals surface area contributed by atoms with Crippen molar-refractivity contribution in [3.05, 3.63) is 6.07 Å². The van der Waals surface area contributed by atoms with Crippen molar-refractivity contribution in [3.63, 3.8) is 0 Å². The number of hydrogen-bond donors (Lipinski definition) is 1. The second-order valence-electron chi connectivity index (χ2n) is 3.25. The molecule has 0 aliphatic carbocycles. The van der Waals surface area contributed by atoms with Crippen LogP contribution in [0.25, 0.3) is 0 Å². The molecular weight excluding hydrogens is 208 g/mol. The van der Waals surface area contributed by atoms with Gasteiger partial charge in [0, 0.05) is 26.3 Å². The summed E-state index contributed by atoms with van der Waals surface area (Å²) in [5.41, 5.74) is 5.57. The molecule has 1 aromatic heterocycles. The molecule has 0 bridgehead atoms. The van der Waals surface area contributed by atoms with E-state index < -0.39 is 0 Å². The molecule has 1 aromatic rings. The zero-order valence-corrected chi connectivity index (χ0v) is 9.93. The third-order valence-corrected chi connectivity index (χ3v) is 2.08. The molecule has 1 rings (SSSR count). The van der Waals surface area contributed by atoms with Gasteiger partial charge in [0.15, 0.2) is 0 Å². The number of hydrogen-bond acceptors (Lipinski definition) is 6. The van der Waals surface area contributed by atoms with Gasteiger partial charge in [-0.05, 0) is 6.92 Å². The van der Waals surface area contributed by atoms with Gasteiger partial charge < -0.3 is 20.1 Å². The third-order valence-electron chi connectivity index (χ3n) is 2.08. The summed E-state index contributed by atoms with van der Waals surface area (Å²) in [5, 5.41) is 0. The van der Waals surface area contributed by atoms with Crippen LogP contribution in [-0.4, -0.2) is 43.9 Å². The summed E-state index contributed by atoms with van der Waals surface area (Å²) >= 11 is 0. The standard InChI is InChI=1S/C10H18N4O2/c1-4-16-6-5-14(2)8-7-9(15-3)13-10(11)12-8/h7H,4-6H2,1-3H3,(H2,11,12,13). The predicted molar refractivity (Wildman–Crippen MR) is 62.8 cm³/mol. The number of rotatable bonds is 6. The number of aromatic nitrogens is 2. The van der Waals surface area contributed by atoms with E-state index in [-0.39, 0.29) is 5.95 Å². The van der Waals surface area contributed by atoms with Crippen LogP contribution in [0.4, 0.5) is 11.8 Å². The first-order valence-corrected chi connectivity index (χ1v) is 5.14. The number of nitrogen functional groups attached to an aromatic ring is 1. The average Bonchev–Trinajstić information content (AvgIpc) is 2.28. The molecule has 16 heavy (non-hydrogen) atoms. The van der Waals surface area contributed by atoms with Crippen LogP contribution in [0.5, 0.6) is 5.88 Å². The lowest BCUT2D eigenvalue weighted by molar-refractivity contribution is 0.154. The van der Waals surface area contributed by atoms with E-state index in [1.807, 2.05) is 18.9 Å². The normalized spacial score (nSPS) is 10.2. The number of nitrogens with two attached hydrogens (primary N) is 1. The lowest BCUT2D eigenvalue weighted by Crippen LogP contribution is -2.24. The Balaban J connectivity index is 2.66. The first-order chi connectivity index (χ1) is 7.67. The molecule has 0 aliphatic rings. The van der Waals surface area contributed by atoms with Gasteiger partial charge >= 0.3 is 0 Å². The Hall–Kier alpha value is -1.56. The van der Waals surface area contributed by atoms with E-state index in [1.165, 1.54) is 0 Å². The second-order valence-corrected chi connectivity index (χ2v) is 3.25. The van der Waals surface area contributed by atoms with Gasteiger partial charge in [0.2, 0.25) is 11.8 Å². The summed E-state index contributed by atoms with van der Waals surface area (Å²) in [7, 11) is 3.46. The minimum absolute atomic E-state index is 0.206. The minimum atomic E-state index is 0.206. The van der Waals surface area contributed by atoms with E-state index in [4.69, 9.17) is 15.2 Å². The quantitative estimate of drug-likeness (QED) is 0.714. The van der Waals surface area contributed by atoms with E-state index in [1.54, 1.807) is 13.2 Å². The van der Waals surface area contributed by atoms with Crippen LogP contribution in [0.3, 0.4) is 0 Å². The fourth-order valence-electron chi connectivity index (χ4n) is 1.19. The van der Waals surface area contributed by atoms with Crippen molar-refractivity contribution in [2.24, 2.45) is 0 Å². The molecule has 0 amide bonds. The van der Waals surface area contributed by atoms with Crippen molar-refractivity contribution in [1.29, 1.82) is 0 Å². The number of ether oxygens (including phenoxy) is 2. The molecule has 2 N–H and O–H groups in total. The summed E-state index contributed by atoms with van der Waals surface area (Å²) < 4.78 is 10.3. The van der Waals surface area contributed by atoms with Crippen LogP contribution >= 0.6 is 0 Å². The Labute approximate surface area is 95.4 Å². The predicted octanol–water partition coefficient (Wildman–Crippen LogP) is 0.540. The average molecular weight is 226 g/mol. The van der Waals surface area contributed by atoms with Gasteiger partial charge in [0.25, 0.3) is 0 Å². The Bertz CT molecular complexity index is 333. The molecule has 0 unspecified atom stereocenters. The summed E-state index contributed by atoms with van der Waals surface area (Å²) in [5.74, 6) is 1.40. The second kappa shape index (κ2) is 6.12. The number of likely N-dealkylation sites (N-methyl/N-ethyl adjacent to an activating group) is 1. The van der Waals surface area contributed by atoms with Crippen LogP contribution in [0.2, 0.25) is 0 Å². The molecule has 6 nitrogen and oxygen atoms in total. The molecule has 0 saturated heterocycles. The molecule has 0 saturated carbocycles. The zero-order valence-electron chi connectivity index (χ0n) is 9.93. The Morgan fingerprint density at radius 3 is 2.81 bits per heavy atom. The molecule has 0 spiro atoms. The smallest absolute Gasteiger partial charge is 0.225 e. The van der Waals surface area contributed by atoms with Gasteiger partial charge in [0.05, 0.1) is 13.7 Å². The van der Waals surface area contributed by atoms with Gasteiger partial charge in [-0.1, -0.05) is 0 Å². The lowest BCUT2D eigenvalue weighted by atomic mass is 10.5. The summed E-state index contributed by atoms with van der Waals surface area (Å²) in [6.07, 6.45) is 0. The summed E-state index contributed by atoms with van der Waals surface area (Å²) in [4.78, 5) is 9.98. The number of methoxy groups -OCH3 is 1. The highest BCUT2D eigenvalue weighted by Crippen LogP contribution is 2.16. The molecule has 0 fully saturated rings. The van der Waals surface area contributed by atoms with Crippen molar-refractivity contribution in [2.75, 3.05) is 44.5 Å². The maximum Gasteiger partial charge on any atom is 0.225 e. The number of anilines is 2. The molecule has 90 valence electrons. The summed E-state index contributed by atoms with van der Waals surface area (Å²) in [6.45, 7) is 4.07. The zero-order chi connectivity index (χ0) is 12.0. The Morgan fingerprint density at radius 1 is 1.44 bits per heavy atom. The molecule has 6 heteroatoms. The Kier molecular flexibility index (Phi) is 4.78. The van der Waals surface area contributed by atoms with Crippen LogP contribution < -0.4 is 15.4 Å². The highest BCUT2D eigenvalue weighted by Gasteiger charge is 2.06. The van der Waals surface area contributed by atoms with Crippen molar-refractivity contribution in [2.45, 2.75) is 6.92 Å². The van der Waals surface area contributed by atoms with Gasteiger partial charge in [-0.3, -0.25) is 0 Å². The van der Waals surface area contributed by atoms with Crippen molar-refractivity contribution in [3.8, 4) is 5.88 Å². The van der Waals surface area contributed by atoms with E-state index >= 15 is 0 Å². The van der Waals surface area contributed by atoms with Crippen LogP contribution in [-0.2, 0) is 4.74 Å². The molecule has 0 radical (unpaired) electrons. The molecule has 0 aliphatic heterocycles. The van der Waals surface area contributed by atoms with E-state index in [0.29, 0.717) is 19.1 Å². The van der Waals surface area contributed by atoms with Crippen LogP contribution in [0.15, 0.2) is 6.07 Å². The van der Waals surface area contributed by atoms with Gasteiger partial charge in [-0.25, -0.2) is 0 Å². The van der Waals surface area contributed by atoms with Crippen molar-refractivity contribution < 1.29 is 9.47 Å².